The predicted octanol–water partition coefficient (Wildman–Crippen LogP) is 5.13. The predicted molar refractivity (Wildman–Crippen MR) is 68.9 cm³/mol. The molecule has 0 aliphatic heterocycles. The second kappa shape index (κ2) is 5.92. The van der Waals surface area contributed by atoms with Crippen molar-refractivity contribution < 1.29 is 0 Å². The Hall–Kier alpha value is 0. The molecule has 0 spiro atoms. The van der Waals surface area contributed by atoms with Crippen LogP contribution in [0.15, 0.2) is 0 Å². The van der Waals surface area contributed by atoms with Crippen LogP contribution in [0.5, 0.6) is 0 Å². The van der Waals surface area contributed by atoms with Gasteiger partial charge >= 0.3 is 0 Å². The first-order valence-corrected chi connectivity index (χ1v) is 7.07. The lowest BCUT2D eigenvalue weighted by atomic mass is 9.63. The Morgan fingerprint density at radius 2 is 1.67 bits per heavy atom. The Balaban J connectivity index is 2.71. The fourth-order valence-corrected chi connectivity index (χ4v) is 3.87. The third-order valence-corrected chi connectivity index (χ3v) is 4.44. The van der Waals surface area contributed by atoms with E-state index >= 15 is 0 Å². The summed E-state index contributed by atoms with van der Waals surface area (Å²) >= 11 is 0. The number of hydrogen-bond acceptors (Lipinski definition) is 0. The Morgan fingerprint density at radius 3 is 2.13 bits per heavy atom. The first-order chi connectivity index (χ1) is 7.07. The number of rotatable bonds is 4. The average molecular weight is 210 g/mol. The van der Waals surface area contributed by atoms with Gasteiger partial charge in [-0.05, 0) is 36.0 Å². The van der Waals surface area contributed by atoms with Gasteiger partial charge in [0.05, 0.1) is 0 Å². The van der Waals surface area contributed by atoms with Crippen LogP contribution in [-0.2, 0) is 0 Å². The van der Waals surface area contributed by atoms with Crippen molar-refractivity contribution in [3.05, 3.63) is 0 Å². The lowest BCUT2D eigenvalue weighted by Gasteiger charge is -2.43. The topological polar surface area (TPSA) is 0 Å². The molecule has 1 aliphatic rings. The van der Waals surface area contributed by atoms with E-state index in [1.165, 1.54) is 32.1 Å². The van der Waals surface area contributed by atoms with Gasteiger partial charge in [0.1, 0.15) is 0 Å². The van der Waals surface area contributed by atoms with Gasteiger partial charge in [0.15, 0.2) is 0 Å². The van der Waals surface area contributed by atoms with Crippen LogP contribution < -0.4 is 0 Å². The molecule has 0 aromatic rings. The molecule has 0 aromatic carbocycles. The van der Waals surface area contributed by atoms with Crippen LogP contribution in [0, 0.1) is 29.6 Å². The van der Waals surface area contributed by atoms with E-state index in [2.05, 4.69) is 34.6 Å². The lowest BCUT2D eigenvalue weighted by molar-refractivity contribution is 0.0680. The molecule has 1 aliphatic carbocycles. The molecule has 3 atom stereocenters. The Kier molecular flexibility index (Phi) is 5.15. The molecule has 15 heavy (non-hydrogen) atoms. The van der Waals surface area contributed by atoms with Crippen LogP contribution in [-0.4, -0.2) is 0 Å². The second-order valence-electron chi connectivity index (χ2n) is 6.21. The summed E-state index contributed by atoms with van der Waals surface area (Å²) in [5.41, 5.74) is 0. The summed E-state index contributed by atoms with van der Waals surface area (Å²) in [6.07, 6.45) is 7.31. The van der Waals surface area contributed by atoms with E-state index in [1.807, 2.05) is 0 Å². The molecule has 3 unspecified atom stereocenters. The van der Waals surface area contributed by atoms with Crippen molar-refractivity contribution in [3.8, 4) is 0 Å². The van der Waals surface area contributed by atoms with E-state index in [9.17, 15) is 0 Å². The van der Waals surface area contributed by atoms with Crippen molar-refractivity contribution in [1.29, 1.82) is 0 Å². The molecule has 1 fully saturated rings. The molecule has 1 saturated carbocycles. The zero-order valence-corrected chi connectivity index (χ0v) is 11.4. The minimum absolute atomic E-state index is 0.884. The minimum Gasteiger partial charge on any atom is -0.0654 e. The van der Waals surface area contributed by atoms with Crippen LogP contribution in [0.3, 0.4) is 0 Å². The Morgan fingerprint density at radius 1 is 1.00 bits per heavy atom. The van der Waals surface area contributed by atoms with Crippen LogP contribution >= 0.6 is 0 Å². The molecule has 0 amide bonds. The van der Waals surface area contributed by atoms with Crippen LogP contribution in [0.4, 0.5) is 0 Å². The quantitative estimate of drug-likeness (QED) is 0.603. The Bertz CT molecular complexity index is 167. The molecule has 0 heterocycles. The molecule has 0 heteroatoms. The number of hydrogen-bond donors (Lipinski definition) is 0. The van der Waals surface area contributed by atoms with E-state index in [4.69, 9.17) is 0 Å². The highest BCUT2D eigenvalue weighted by Gasteiger charge is 2.35. The van der Waals surface area contributed by atoms with E-state index < -0.39 is 0 Å². The zero-order chi connectivity index (χ0) is 11.4. The summed E-state index contributed by atoms with van der Waals surface area (Å²) in [7, 11) is 0. The molecular weight excluding hydrogens is 180 g/mol. The monoisotopic (exact) mass is 210 g/mol. The molecule has 0 saturated heterocycles. The normalized spacial score (nSPS) is 32.6. The smallest absolute Gasteiger partial charge is 0.0332 e. The van der Waals surface area contributed by atoms with Gasteiger partial charge in [-0.15, -0.1) is 0 Å². The maximum Gasteiger partial charge on any atom is -0.0332 e. The molecule has 0 bridgehead atoms. The highest BCUT2D eigenvalue weighted by molar-refractivity contribution is 4.85. The maximum absolute atomic E-state index is 2.44. The first-order valence-electron chi connectivity index (χ1n) is 7.07. The summed E-state index contributed by atoms with van der Waals surface area (Å²) in [6, 6.07) is 0. The highest BCUT2D eigenvalue weighted by atomic mass is 14.4. The van der Waals surface area contributed by atoms with Crippen molar-refractivity contribution >= 4 is 0 Å². The molecule has 0 radical (unpaired) electrons. The average Bonchev–Trinajstić information content (AvgIpc) is 2.17. The SMILES string of the molecule is CCCC1CCCC(C(C)C)C1C(C)C. The molecule has 90 valence electrons. The first kappa shape index (κ1) is 13.1. The summed E-state index contributed by atoms with van der Waals surface area (Å²) in [6.45, 7) is 12.1. The van der Waals surface area contributed by atoms with Gasteiger partial charge in [-0.3, -0.25) is 0 Å². The molecule has 0 nitrogen and oxygen atoms in total. The summed E-state index contributed by atoms with van der Waals surface area (Å²) in [5.74, 6) is 4.79. The fourth-order valence-electron chi connectivity index (χ4n) is 3.87. The summed E-state index contributed by atoms with van der Waals surface area (Å²) in [4.78, 5) is 0. The van der Waals surface area contributed by atoms with E-state index in [0.29, 0.717) is 0 Å². The van der Waals surface area contributed by atoms with Crippen LogP contribution in [0.25, 0.3) is 0 Å². The molecular formula is C15H30. The van der Waals surface area contributed by atoms with Gasteiger partial charge in [-0.25, -0.2) is 0 Å². The van der Waals surface area contributed by atoms with E-state index in [1.54, 1.807) is 0 Å². The van der Waals surface area contributed by atoms with Crippen LogP contribution in [0.1, 0.15) is 66.7 Å². The largest absolute Gasteiger partial charge is 0.0654 e. The molecule has 0 N–H and O–H groups in total. The standard InChI is InChI=1S/C15H30/c1-6-8-13-9-7-10-14(11(2)3)15(13)12(4)5/h11-15H,6-10H2,1-5H3. The van der Waals surface area contributed by atoms with Crippen molar-refractivity contribution in [2.45, 2.75) is 66.7 Å². The lowest BCUT2D eigenvalue weighted by Crippen LogP contribution is -2.35. The molecule has 1 rings (SSSR count). The highest BCUT2D eigenvalue weighted by Crippen LogP contribution is 2.44. The zero-order valence-electron chi connectivity index (χ0n) is 11.4. The van der Waals surface area contributed by atoms with Crippen LogP contribution in [0.2, 0.25) is 0 Å². The van der Waals surface area contributed by atoms with Gasteiger partial charge in [0.2, 0.25) is 0 Å². The third-order valence-electron chi connectivity index (χ3n) is 4.44. The summed E-state index contributed by atoms with van der Waals surface area (Å²) < 4.78 is 0. The van der Waals surface area contributed by atoms with Crippen molar-refractivity contribution in [3.63, 3.8) is 0 Å². The van der Waals surface area contributed by atoms with Gasteiger partial charge in [0.25, 0.3) is 0 Å². The fraction of sp³-hybridized carbons (Fsp3) is 1.00. The maximum atomic E-state index is 2.44. The van der Waals surface area contributed by atoms with Crippen molar-refractivity contribution in [2.24, 2.45) is 29.6 Å². The Labute approximate surface area is 96.8 Å². The van der Waals surface area contributed by atoms with E-state index in [0.717, 1.165) is 29.6 Å². The van der Waals surface area contributed by atoms with Crippen molar-refractivity contribution in [1.82, 2.24) is 0 Å². The van der Waals surface area contributed by atoms with Gasteiger partial charge in [0, 0.05) is 0 Å². The minimum atomic E-state index is 0.884. The van der Waals surface area contributed by atoms with Gasteiger partial charge < -0.3 is 0 Å². The van der Waals surface area contributed by atoms with Crippen molar-refractivity contribution in [2.75, 3.05) is 0 Å². The summed E-state index contributed by atoms with van der Waals surface area (Å²) in [5, 5.41) is 0. The van der Waals surface area contributed by atoms with E-state index in [-0.39, 0.29) is 0 Å². The third kappa shape index (κ3) is 3.23. The van der Waals surface area contributed by atoms with Gasteiger partial charge in [-0.1, -0.05) is 60.3 Å². The second-order valence-corrected chi connectivity index (χ2v) is 6.21. The molecule has 0 aromatic heterocycles. The van der Waals surface area contributed by atoms with Gasteiger partial charge in [-0.2, -0.15) is 0 Å².